The topological polar surface area (TPSA) is 64.6 Å². The first-order valence-electron chi connectivity index (χ1n) is 7.11. The number of hydrogen-bond donors (Lipinski definition) is 1. The maximum atomic E-state index is 12.5. The summed E-state index contributed by atoms with van der Waals surface area (Å²) >= 11 is 1.60. The van der Waals surface area contributed by atoms with E-state index in [1.54, 1.807) is 50.7 Å². The molecule has 0 spiro atoms. The van der Waals surface area contributed by atoms with Crippen molar-refractivity contribution < 1.29 is 17.9 Å². The van der Waals surface area contributed by atoms with Gasteiger partial charge in [-0.05, 0) is 49.7 Å². The van der Waals surface area contributed by atoms with Crippen molar-refractivity contribution in [3.05, 3.63) is 45.6 Å². The van der Waals surface area contributed by atoms with Crippen LogP contribution in [0.1, 0.15) is 21.4 Å². The van der Waals surface area contributed by atoms with Gasteiger partial charge >= 0.3 is 0 Å². The van der Waals surface area contributed by atoms with Crippen LogP contribution in [0.2, 0.25) is 0 Å². The maximum absolute atomic E-state index is 12.5. The molecule has 2 rings (SSSR count). The lowest BCUT2D eigenvalue weighted by molar-refractivity contribution is 0.110. The van der Waals surface area contributed by atoms with Gasteiger partial charge in [0.15, 0.2) is 0 Å². The Bertz CT molecular complexity index is 768. The lowest BCUT2D eigenvalue weighted by Crippen LogP contribution is -2.29. The summed E-state index contributed by atoms with van der Waals surface area (Å²) in [5.41, 5.74) is 0.637. The third-order valence-corrected chi connectivity index (χ3v) is 6.17. The Kier molecular flexibility index (Phi) is 5.80. The lowest BCUT2D eigenvalue weighted by atomic mass is 10.2. The summed E-state index contributed by atoms with van der Waals surface area (Å²) in [6.45, 7) is 3.93. The van der Waals surface area contributed by atoms with E-state index >= 15 is 0 Å². The molecule has 1 aromatic heterocycles. The summed E-state index contributed by atoms with van der Waals surface area (Å²) in [4.78, 5) is 2.41. The normalized spacial score (nSPS) is 13.0. The molecule has 0 unspecified atom stereocenters. The average Bonchev–Trinajstić information content (AvgIpc) is 2.93. The highest BCUT2D eigenvalue weighted by Crippen LogP contribution is 2.26. The van der Waals surface area contributed by atoms with Crippen LogP contribution >= 0.6 is 11.3 Å². The molecule has 1 N–H and O–H groups in total. The second-order valence-electron chi connectivity index (χ2n) is 5.16. The fraction of sp³-hybridized carbons (Fsp3) is 0.375. The van der Waals surface area contributed by atoms with E-state index in [9.17, 15) is 8.42 Å². The number of hydrogen-bond acceptors (Lipinski definition) is 5. The Hall–Kier alpha value is -1.41. The fourth-order valence-corrected chi connectivity index (χ4v) is 4.45. The van der Waals surface area contributed by atoms with Crippen molar-refractivity contribution in [2.75, 3.05) is 20.8 Å². The Labute approximate surface area is 141 Å². The summed E-state index contributed by atoms with van der Waals surface area (Å²) in [6.07, 6.45) is -0.304. The number of benzene rings is 1. The molecule has 0 saturated heterocycles. The van der Waals surface area contributed by atoms with Crippen LogP contribution in [0.4, 0.5) is 0 Å². The van der Waals surface area contributed by atoms with Crippen LogP contribution in [0, 0.1) is 13.8 Å². The zero-order chi connectivity index (χ0) is 17.0. The lowest BCUT2D eigenvalue weighted by Gasteiger charge is -2.16. The van der Waals surface area contributed by atoms with Crippen LogP contribution in [-0.4, -0.2) is 29.2 Å². The molecule has 23 heavy (non-hydrogen) atoms. The highest BCUT2D eigenvalue weighted by Gasteiger charge is 2.20. The van der Waals surface area contributed by atoms with Crippen LogP contribution in [0.25, 0.3) is 0 Å². The molecule has 0 aliphatic heterocycles. The van der Waals surface area contributed by atoms with Gasteiger partial charge in [-0.15, -0.1) is 11.3 Å². The minimum Gasteiger partial charge on any atom is -0.497 e. The number of methoxy groups -OCH3 is 2. The predicted octanol–water partition coefficient (Wildman–Crippen LogP) is 3.04. The van der Waals surface area contributed by atoms with Crippen molar-refractivity contribution in [1.82, 2.24) is 4.72 Å². The molecule has 0 saturated carbocycles. The molecule has 2 aromatic rings. The zero-order valence-electron chi connectivity index (χ0n) is 13.6. The smallest absolute Gasteiger partial charge is 0.240 e. The summed E-state index contributed by atoms with van der Waals surface area (Å²) in [5, 5.41) is 0. The van der Waals surface area contributed by atoms with Gasteiger partial charge < -0.3 is 9.47 Å². The van der Waals surface area contributed by atoms with Gasteiger partial charge in [-0.2, -0.15) is 0 Å². The van der Waals surface area contributed by atoms with E-state index in [0.29, 0.717) is 11.3 Å². The SMILES string of the molecule is COc1ccc(S(=O)(=O)NC[C@@H](OC)c2ccc(C)s2)c(C)c1. The second kappa shape index (κ2) is 7.44. The standard InChI is InChI=1S/C16H21NO4S2/c1-11-9-13(20-3)6-8-16(11)23(18,19)17-10-14(21-4)15-7-5-12(2)22-15/h5-9,14,17H,10H2,1-4H3/t14-/m1/s1. The van der Waals surface area contributed by atoms with Crippen molar-refractivity contribution >= 4 is 21.4 Å². The van der Waals surface area contributed by atoms with E-state index in [1.165, 1.54) is 0 Å². The minimum atomic E-state index is -3.60. The molecule has 0 aliphatic rings. The molecule has 5 nitrogen and oxygen atoms in total. The molecule has 7 heteroatoms. The molecule has 0 bridgehead atoms. The van der Waals surface area contributed by atoms with E-state index in [4.69, 9.17) is 9.47 Å². The molecule has 0 fully saturated rings. The number of rotatable bonds is 7. The van der Waals surface area contributed by atoms with Gasteiger partial charge in [0.1, 0.15) is 11.9 Å². The van der Waals surface area contributed by atoms with Gasteiger partial charge in [0.2, 0.25) is 10.0 Å². The van der Waals surface area contributed by atoms with E-state index in [0.717, 1.165) is 9.75 Å². The highest BCUT2D eigenvalue weighted by atomic mass is 32.2. The van der Waals surface area contributed by atoms with Gasteiger partial charge in [-0.1, -0.05) is 0 Å². The number of nitrogens with one attached hydrogen (secondary N) is 1. The summed E-state index contributed by atoms with van der Waals surface area (Å²) in [5.74, 6) is 0.630. The molecule has 1 atom stereocenters. The number of aryl methyl sites for hydroxylation is 2. The van der Waals surface area contributed by atoms with Crippen LogP contribution in [0.15, 0.2) is 35.2 Å². The molecular weight excluding hydrogens is 334 g/mol. The highest BCUT2D eigenvalue weighted by molar-refractivity contribution is 7.89. The van der Waals surface area contributed by atoms with Gasteiger partial charge in [0.05, 0.1) is 12.0 Å². The monoisotopic (exact) mass is 355 g/mol. The number of thiophene rings is 1. The third-order valence-electron chi connectivity index (χ3n) is 3.49. The van der Waals surface area contributed by atoms with Crippen molar-refractivity contribution in [3.8, 4) is 5.75 Å². The van der Waals surface area contributed by atoms with E-state index < -0.39 is 10.0 Å². The van der Waals surface area contributed by atoms with Gasteiger partial charge in [-0.3, -0.25) is 0 Å². The van der Waals surface area contributed by atoms with Gasteiger partial charge in [-0.25, -0.2) is 13.1 Å². The molecule has 1 heterocycles. The predicted molar refractivity (Wildman–Crippen MR) is 91.7 cm³/mol. The summed E-state index contributed by atoms with van der Waals surface area (Å²) in [7, 11) is -0.478. The Morgan fingerprint density at radius 3 is 2.43 bits per heavy atom. The molecule has 0 amide bonds. The molecule has 0 radical (unpaired) electrons. The molecular formula is C16H21NO4S2. The van der Waals surface area contributed by atoms with Crippen LogP contribution in [-0.2, 0) is 14.8 Å². The van der Waals surface area contributed by atoms with Gasteiger partial charge in [0, 0.05) is 23.4 Å². The van der Waals surface area contributed by atoms with E-state index in [-0.39, 0.29) is 17.5 Å². The third kappa shape index (κ3) is 4.32. The Morgan fingerprint density at radius 1 is 1.17 bits per heavy atom. The van der Waals surface area contributed by atoms with Crippen LogP contribution in [0.5, 0.6) is 5.75 Å². The molecule has 1 aromatic carbocycles. The molecule has 126 valence electrons. The Balaban J connectivity index is 2.14. The summed E-state index contributed by atoms with van der Waals surface area (Å²) < 4.78 is 38.2. The maximum Gasteiger partial charge on any atom is 0.240 e. The van der Waals surface area contributed by atoms with Crippen molar-refractivity contribution in [2.45, 2.75) is 24.8 Å². The largest absolute Gasteiger partial charge is 0.497 e. The Morgan fingerprint density at radius 2 is 1.91 bits per heavy atom. The molecule has 0 aliphatic carbocycles. The second-order valence-corrected chi connectivity index (χ2v) is 8.21. The van der Waals surface area contributed by atoms with E-state index in [1.807, 2.05) is 19.1 Å². The van der Waals surface area contributed by atoms with Crippen molar-refractivity contribution in [1.29, 1.82) is 0 Å². The fourth-order valence-electron chi connectivity index (χ4n) is 2.24. The first kappa shape index (κ1) is 17.9. The van der Waals surface area contributed by atoms with Crippen LogP contribution < -0.4 is 9.46 Å². The zero-order valence-corrected chi connectivity index (χ0v) is 15.3. The first-order valence-corrected chi connectivity index (χ1v) is 9.41. The number of sulfonamides is 1. The first-order chi connectivity index (χ1) is 10.9. The minimum absolute atomic E-state index is 0.185. The van der Waals surface area contributed by atoms with Crippen LogP contribution in [0.3, 0.4) is 0 Å². The van der Waals surface area contributed by atoms with E-state index in [2.05, 4.69) is 4.72 Å². The summed E-state index contributed by atoms with van der Waals surface area (Å²) in [6, 6.07) is 8.84. The average molecular weight is 355 g/mol. The van der Waals surface area contributed by atoms with Crippen molar-refractivity contribution in [3.63, 3.8) is 0 Å². The van der Waals surface area contributed by atoms with Crippen molar-refractivity contribution in [2.24, 2.45) is 0 Å². The van der Waals surface area contributed by atoms with Gasteiger partial charge in [0.25, 0.3) is 0 Å². The quantitative estimate of drug-likeness (QED) is 0.829. The number of ether oxygens (including phenoxy) is 2.